The number of hydrogen-bond acceptors (Lipinski definition) is 3. The number of aryl methyl sites for hydroxylation is 1. The van der Waals surface area contributed by atoms with E-state index in [1.54, 1.807) is 4.90 Å². The lowest BCUT2D eigenvalue weighted by atomic mass is 10.1. The summed E-state index contributed by atoms with van der Waals surface area (Å²) in [6.45, 7) is 6.14. The number of rotatable bonds is 7. The lowest BCUT2D eigenvalue weighted by molar-refractivity contribution is -0.122. The topological polar surface area (TPSA) is 61.4 Å². The summed E-state index contributed by atoms with van der Waals surface area (Å²) in [5, 5.41) is 6.29. The fourth-order valence-corrected chi connectivity index (χ4v) is 3.34. The Labute approximate surface area is 160 Å². The fraction of sp³-hybridized carbons (Fsp3) is 0.364. The van der Waals surface area contributed by atoms with Crippen molar-refractivity contribution in [3.63, 3.8) is 0 Å². The summed E-state index contributed by atoms with van der Waals surface area (Å²) in [6.07, 6.45) is 1.21. The molecule has 3 rings (SSSR count). The molecule has 2 N–H and O–H groups in total. The Hall–Kier alpha value is -2.66. The Bertz CT molecular complexity index is 801. The number of hydrogen-bond donors (Lipinski definition) is 2. The highest BCUT2D eigenvalue weighted by molar-refractivity contribution is 6.03. The minimum atomic E-state index is -0.337. The summed E-state index contributed by atoms with van der Waals surface area (Å²) in [7, 11) is 0. The van der Waals surface area contributed by atoms with Gasteiger partial charge in [0, 0.05) is 30.9 Å². The van der Waals surface area contributed by atoms with E-state index < -0.39 is 0 Å². The summed E-state index contributed by atoms with van der Waals surface area (Å²) in [4.78, 5) is 26.9. The van der Waals surface area contributed by atoms with Crippen LogP contribution in [0.15, 0.2) is 48.5 Å². The zero-order valence-electron chi connectivity index (χ0n) is 16.0. The summed E-state index contributed by atoms with van der Waals surface area (Å²) in [6, 6.07) is 15.8. The monoisotopic (exact) mass is 365 g/mol. The van der Waals surface area contributed by atoms with Crippen molar-refractivity contribution in [1.82, 2.24) is 5.32 Å². The number of nitrogens with one attached hydrogen (secondary N) is 2. The SMILES string of the molecule is CCNCc1ccccc1NC(=O)C1CC(=O)N(c2ccc(CC)cc2)C1. The molecule has 27 heavy (non-hydrogen) atoms. The summed E-state index contributed by atoms with van der Waals surface area (Å²) in [5.41, 5.74) is 3.95. The van der Waals surface area contributed by atoms with Gasteiger partial charge in [0.1, 0.15) is 0 Å². The molecule has 1 unspecified atom stereocenters. The highest BCUT2D eigenvalue weighted by Gasteiger charge is 2.35. The maximum atomic E-state index is 12.8. The van der Waals surface area contributed by atoms with Gasteiger partial charge >= 0.3 is 0 Å². The van der Waals surface area contributed by atoms with Crippen LogP contribution in [0.25, 0.3) is 0 Å². The van der Waals surface area contributed by atoms with Crippen LogP contribution in [0.4, 0.5) is 11.4 Å². The molecule has 0 spiro atoms. The normalized spacial score (nSPS) is 16.6. The largest absolute Gasteiger partial charge is 0.325 e. The molecular weight excluding hydrogens is 338 g/mol. The Kier molecular flexibility index (Phi) is 6.24. The molecule has 0 saturated carbocycles. The number of carbonyl (C=O) groups excluding carboxylic acids is 2. The molecule has 1 atom stereocenters. The molecule has 0 aromatic heterocycles. The van der Waals surface area contributed by atoms with Crippen molar-refractivity contribution < 1.29 is 9.59 Å². The van der Waals surface area contributed by atoms with E-state index in [1.165, 1.54) is 5.56 Å². The molecule has 1 fully saturated rings. The molecule has 1 aliphatic rings. The second-order valence-corrected chi connectivity index (χ2v) is 6.85. The molecular formula is C22H27N3O2. The van der Waals surface area contributed by atoms with Gasteiger partial charge in [0.2, 0.25) is 11.8 Å². The Morgan fingerprint density at radius 3 is 2.56 bits per heavy atom. The smallest absolute Gasteiger partial charge is 0.229 e. The van der Waals surface area contributed by atoms with Crippen LogP contribution in [0.1, 0.15) is 31.4 Å². The van der Waals surface area contributed by atoms with Gasteiger partial charge in [-0.2, -0.15) is 0 Å². The highest BCUT2D eigenvalue weighted by Crippen LogP contribution is 2.27. The molecule has 0 radical (unpaired) electrons. The minimum Gasteiger partial charge on any atom is -0.325 e. The average Bonchev–Trinajstić information content (AvgIpc) is 3.09. The highest BCUT2D eigenvalue weighted by atomic mass is 16.2. The van der Waals surface area contributed by atoms with Crippen molar-refractivity contribution >= 4 is 23.2 Å². The third-order valence-corrected chi connectivity index (χ3v) is 4.99. The molecule has 5 nitrogen and oxygen atoms in total. The molecule has 1 saturated heterocycles. The van der Waals surface area contributed by atoms with E-state index in [4.69, 9.17) is 0 Å². The molecule has 2 aromatic rings. The van der Waals surface area contributed by atoms with Crippen molar-refractivity contribution in [3.8, 4) is 0 Å². The molecule has 1 heterocycles. The van der Waals surface area contributed by atoms with E-state index in [1.807, 2.05) is 55.5 Å². The van der Waals surface area contributed by atoms with Crippen molar-refractivity contribution in [2.24, 2.45) is 5.92 Å². The van der Waals surface area contributed by atoms with Gasteiger partial charge in [0.25, 0.3) is 0 Å². The minimum absolute atomic E-state index is 0.000309. The van der Waals surface area contributed by atoms with E-state index in [9.17, 15) is 9.59 Å². The standard InChI is InChI=1S/C22H27N3O2/c1-3-16-9-11-19(12-10-16)25-15-18(13-21(25)26)22(27)24-20-8-6-5-7-17(20)14-23-4-2/h5-12,18,23H,3-4,13-15H2,1-2H3,(H,24,27). The van der Waals surface area contributed by atoms with Crippen LogP contribution in [0.2, 0.25) is 0 Å². The molecule has 2 amide bonds. The third kappa shape index (κ3) is 4.55. The Morgan fingerprint density at radius 1 is 1.11 bits per heavy atom. The summed E-state index contributed by atoms with van der Waals surface area (Å²) in [5.74, 6) is -0.434. The Balaban J connectivity index is 1.67. The van der Waals surface area contributed by atoms with Crippen molar-refractivity contribution in [1.29, 1.82) is 0 Å². The summed E-state index contributed by atoms with van der Waals surface area (Å²) < 4.78 is 0. The zero-order chi connectivity index (χ0) is 19.2. The fourth-order valence-electron chi connectivity index (χ4n) is 3.34. The molecule has 142 valence electrons. The van der Waals surface area contributed by atoms with E-state index in [0.717, 1.165) is 29.9 Å². The third-order valence-electron chi connectivity index (χ3n) is 4.99. The van der Waals surface area contributed by atoms with Crippen LogP contribution < -0.4 is 15.5 Å². The quantitative estimate of drug-likeness (QED) is 0.791. The summed E-state index contributed by atoms with van der Waals surface area (Å²) >= 11 is 0. The first-order chi connectivity index (χ1) is 13.1. The van der Waals surface area contributed by atoms with Crippen molar-refractivity contribution in [2.45, 2.75) is 33.2 Å². The van der Waals surface area contributed by atoms with Gasteiger partial charge in [-0.05, 0) is 42.3 Å². The van der Waals surface area contributed by atoms with E-state index in [2.05, 4.69) is 17.6 Å². The second kappa shape index (κ2) is 8.82. The molecule has 0 aliphatic carbocycles. The van der Waals surface area contributed by atoms with Gasteiger partial charge in [-0.15, -0.1) is 0 Å². The molecule has 2 aromatic carbocycles. The van der Waals surface area contributed by atoms with Gasteiger partial charge in [0.05, 0.1) is 5.92 Å². The predicted octanol–water partition coefficient (Wildman–Crippen LogP) is 3.35. The molecule has 1 aliphatic heterocycles. The first-order valence-corrected chi connectivity index (χ1v) is 9.61. The zero-order valence-corrected chi connectivity index (χ0v) is 16.0. The number of nitrogens with zero attached hydrogens (tertiary/aromatic N) is 1. The number of para-hydroxylation sites is 1. The second-order valence-electron chi connectivity index (χ2n) is 6.85. The number of benzene rings is 2. The Morgan fingerprint density at radius 2 is 1.85 bits per heavy atom. The van der Waals surface area contributed by atoms with E-state index >= 15 is 0 Å². The first kappa shape index (κ1) is 19.1. The van der Waals surface area contributed by atoms with Gasteiger partial charge in [-0.3, -0.25) is 9.59 Å². The first-order valence-electron chi connectivity index (χ1n) is 9.61. The van der Waals surface area contributed by atoms with Gasteiger partial charge in [-0.25, -0.2) is 0 Å². The number of amides is 2. The molecule has 5 heteroatoms. The van der Waals surface area contributed by atoms with Crippen LogP contribution in [-0.4, -0.2) is 24.9 Å². The lowest BCUT2D eigenvalue weighted by Gasteiger charge is -2.17. The molecule has 0 bridgehead atoms. The lowest BCUT2D eigenvalue weighted by Crippen LogP contribution is -2.28. The van der Waals surface area contributed by atoms with E-state index in [-0.39, 0.29) is 24.2 Å². The van der Waals surface area contributed by atoms with Crippen LogP contribution in [0.5, 0.6) is 0 Å². The van der Waals surface area contributed by atoms with E-state index in [0.29, 0.717) is 13.1 Å². The maximum Gasteiger partial charge on any atom is 0.229 e. The van der Waals surface area contributed by atoms with Crippen molar-refractivity contribution in [3.05, 3.63) is 59.7 Å². The predicted molar refractivity (Wildman–Crippen MR) is 109 cm³/mol. The van der Waals surface area contributed by atoms with Gasteiger partial charge in [-0.1, -0.05) is 44.2 Å². The van der Waals surface area contributed by atoms with Gasteiger partial charge in [0.15, 0.2) is 0 Å². The van der Waals surface area contributed by atoms with Crippen molar-refractivity contribution in [2.75, 3.05) is 23.3 Å². The average molecular weight is 365 g/mol. The number of carbonyl (C=O) groups is 2. The number of anilines is 2. The van der Waals surface area contributed by atoms with Crippen LogP contribution in [-0.2, 0) is 22.6 Å². The van der Waals surface area contributed by atoms with Crippen LogP contribution >= 0.6 is 0 Å². The van der Waals surface area contributed by atoms with Gasteiger partial charge < -0.3 is 15.5 Å². The van der Waals surface area contributed by atoms with Crippen LogP contribution in [0, 0.1) is 5.92 Å². The maximum absolute atomic E-state index is 12.8. The van der Waals surface area contributed by atoms with Crippen LogP contribution in [0.3, 0.4) is 0 Å².